The first-order valence-electron chi connectivity index (χ1n) is 11.8. The number of amides is 1. The average Bonchev–Trinajstić information content (AvgIpc) is 2.81. The number of aryl methyl sites for hydroxylation is 2. The summed E-state index contributed by atoms with van der Waals surface area (Å²) in [5.74, 6) is -2.60. The molecule has 0 spiro atoms. The van der Waals surface area contributed by atoms with Gasteiger partial charge < -0.3 is 15.7 Å². The molecule has 1 aromatic heterocycles. The van der Waals surface area contributed by atoms with E-state index in [-0.39, 0.29) is 12.5 Å². The molecule has 0 unspecified atom stereocenters. The van der Waals surface area contributed by atoms with Crippen molar-refractivity contribution in [2.45, 2.75) is 70.0 Å². The summed E-state index contributed by atoms with van der Waals surface area (Å²) in [7, 11) is 0. The molecule has 2 aromatic rings. The van der Waals surface area contributed by atoms with Gasteiger partial charge in [0.2, 0.25) is 0 Å². The molecule has 190 valence electrons. The Morgan fingerprint density at radius 3 is 2.57 bits per heavy atom. The standard InChI is InChI=1S/C25H29F4N3O3/c26-19-14-17(13-18(15-19)25(27,28)29)23(33)32-21(24(34)35)9-5-3-1-2-4-8-20-11-10-16-7-6-12-30-22(16)31-20/h10-11,13-15,21H,1-9,12H2,(H,30,31)(H,32,33)(H,34,35)/t21-/m0/s1. The highest BCUT2D eigenvalue weighted by Gasteiger charge is 2.32. The summed E-state index contributed by atoms with van der Waals surface area (Å²) in [4.78, 5) is 28.4. The highest BCUT2D eigenvalue weighted by Crippen LogP contribution is 2.30. The number of hydrogen-bond acceptors (Lipinski definition) is 4. The molecule has 1 aliphatic heterocycles. The Hall–Kier alpha value is -3.17. The maximum Gasteiger partial charge on any atom is 0.416 e. The fourth-order valence-electron chi connectivity index (χ4n) is 4.08. The Kier molecular flexibility index (Phi) is 9.06. The molecular formula is C25H29F4N3O3. The van der Waals surface area contributed by atoms with Crippen LogP contribution in [0.1, 0.15) is 72.1 Å². The van der Waals surface area contributed by atoms with Gasteiger partial charge >= 0.3 is 12.1 Å². The molecule has 0 aliphatic carbocycles. The number of unbranched alkanes of at least 4 members (excludes halogenated alkanes) is 4. The molecule has 0 fully saturated rings. The Morgan fingerprint density at radius 1 is 1.09 bits per heavy atom. The molecule has 0 radical (unpaired) electrons. The number of alkyl halides is 3. The molecular weight excluding hydrogens is 466 g/mol. The van der Waals surface area contributed by atoms with Crippen molar-refractivity contribution in [1.82, 2.24) is 10.3 Å². The summed E-state index contributed by atoms with van der Waals surface area (Å²) in [6.07, 6.45) is 2.36. The van der Waals surface area contributed by atoms with Crippen molar-refractivity contribution >= 4 is 17.7 Å². The fourth-order valence-corrected chi connectivity index (χ4v) is 4.08. The normalized spacial score (nSPS) is 14.1. The number of nitrogens with zero attached hydrogens (tertiary/aromatic N) is 1. The number of anilines is 1. The van der Waals surface area contributed by atoms with Gasteiger partial charge in [-0.05, 0) is 61.9 Å². The molecule has 10 heteroatoms. The molecule has 35 heavy (non-hydrogen) atoms. The van der Waals surface area contributed by atoms with Crippen molar-refractivity contribution in [2.75, 3.05) is 11.9 Å². The van der Waals surface area contributed by atoms with E-state index in [0.29, 0.717) is 18.6 Å². The lowest BCUT2D eigenvalue weighted by Gasteiger charge is -2.17. The summed E-state index contributed by atoms with van der Waals surface area (Å²) in [5.41, 5.74) is 0.405. The van der Waals surface area contributed by atoms with Crippen LogP contribution in [-0.4, -0.2) is 34.6 Å². The van der Waals surface area contributed by atoms with Crippen LogP contribution in [0.15, 0.2) is 30.3 Å². The number of hydrogen-bond donors (Lipinski definition) is 3. The zero-order valence-corrected chi connectivity index (χ0v) is 19.3. The number of aromatic nitrogens is 1. The van der Waals surface area contributed by atoms with Gasteiger partial charge in [0.1, 0.15) is 17.7 Å². The Labute approximate surface area is 201 Å². The average molecular weight is 496 g/mol. The third-order valence-electron chi connectivity index (χ3n) is 5.97. The second-order valence-electron chi connectivity index (χ2n) is 8.74. The first-order valence-corrected chi connectivity index (χ1v) is 11.8. The number of carboxylic acid groups (broad SMARTS) is 1. The SMILES string of the molecule is O=C(N[C@@H](CCCCCCCc1ccc2c(n1)NCCC2)C(=O)O)c1cc(F)cc(C(F)(F)F)c1. The molecule has 3 rings (SSSR count). The fraction of sp³-hybridized carbons (Fsp3) is 0.480. The summed E-state index contributed by atoms with van der Waals surface area (Å²) in [6.45, 7) is 0.943. The maximum atomic E-state index is 13.5. The van der Waals surface area contributed by atoms with Crippen LogP contribution in [-0.2, 0) is 23.8 Å². The van der Waals surface area contributed by atoms with Crippen LogP contribution in [0.2, 0.25) is 0 Å². The quantitative estimate of drug-likeness (QED) is 0.288. The number of carboxylic acids is 1. The van der Waals surface area contributed by atoms with E-state index < -0.39 is 41.0 Å². The third-order valence-corrected chi connectivity index (χ3v) is 5.97. The molecule has 0 bridgehead atoms. The number of carbonyl (C=O) groups is 2. The Balaban J connectivity index is 1.40. The zero-order chi connectivity index (χ0) is 25.4. The van der Waals surface area contributed by atoms with Crippen molar-refractivity contribution in [3.63, 3.8) is 0 Å². The number of halogens is 4. The predicted molar refractivity (Wildman–Crippen MR) is 123 cm³/mol. The predicted octanol–water partition coefficient (Wildman–Crippen LogP) is 5.36. The van der Waals surface area contributed by atoms with E-state index in [4.69, 9.17) is 0 Å². The zero-order valence-electron chi connectivity index (χ0n) is 19.3. The lowest BCUT2D eigenvalue weighted by atomic mass is 10.0. The molecule has 1 aliphatic rings. The van der Waals surface area contributed by atoms with E-state index in [2.05, 4.69) is 27.8 Å². The number of benzene rings is 1. The van der Waals surface area contributed by atoms with Crippen molar-refractivity contribution in [3.8, 4) is 0 Å². The molecule has 0 saturated heterocycles. The first kappa shape index (κ1) is 26.4. The molecule has 2 heterocycles. The van der Waals surface area contributed by atoms with Crippen LogP contribution >= 0.6 is 0 Å². The number of rotatable bonds is 11. The minimum atomic E-state index is -4.82. The number of fused-ring (bicyclic) bond motifs is 1. The van der Waals surface area contributed by atoms with Gasteiger partial charge in [-0.2, -0.15) is 13.2 Å². The minimum Gasteiger partial charge on any atom is -0.480 e. The van der Waals surface area contributed by atoms with E-state index in [0.717, 1.165) is 63.0 Å². The van der Waals surface area contributed by atoms with Gasteiger partial charge in [-0.3, -0.25) is 4.79 Å². The van der Waals surface area contributed by atoms with E-state index in [1.165, 1.54) is 5.56 Å². The Morgan fingerprint density at radius 2 is 1.83 bits per heavy atom. The maximum absolute atomic E-state index is 13.5. The van der Waals surface area contributed by atoms with E-state index in [9.17, 15) is 32.3 Å². The van der Waals surface area contributed by atoms with Gasteiger partial charge in [0.05, 0.1) is 5.56 Å². The number of nitrogens with one attached hydrogen (secondary N) is 2. The van der Waals surface area contributed by atoms with Gasteiger partial charge in [0, 0.05) is 17.8 Å². The van der Waals surface area contributed by atoms with Crippen molar-refractivity contribution in [3.05, 3.63) is 58.5 Å². The summed E-state index contributed by atoms with van der Waals surface area (Å²) in [6, 6.07) is 4.35. The van der Waals surface area contributed by atoms with Crippen molar-refractivity contribution in [1.29, 1.82) is 0 Å². The van der Waals surface area contributed by atoms with Crippen LogP contribution in [0, 0.1) is 5.82 Å². The van der Waals surface area contributed by atoms with Gasteiger partial charge in [-0.1, -0.05) is 31.7 Å². The van der Waals surface area contributed by atoms with Crippen molar-refractivity contribution in [2.24, 2.45) is 0 Å². The molecule has 6 nitrogen and oxygen atoms in total. The van der Waals surface area contributed by atoms with Crippen LogP contribution < -0.4 is 10.6 Å². The number of aliphatic carboxylic acids is 1. The second kappa shape index (κ2) is 12.0. The van der Waals surface area contributed by atoms with E-state index in [1.54, 1.807) is 0 Å². The summed E-state index contributed by atoms with van der Waals surface area (Å²) >= 11 is 0. The van der Waals surface area contributed by atoms with E-state index in [1.807, 2.05) is 0 Å². The van der Waals surface area contributed by atoms with Crippen LogP contribution in [0.4, 0.5) is 23.4 Å². The molecule has 3 N–H and O–H groups in total. The Bertz CT molecular complexity index is 1040. The van der Waals surface area contributed by atoms with Crippen LogP contribution in [0.25, 0.3) is 0 Å². The largest absolute Gasteiger partial charge is 0.480 e. The topological polar surface area (TPSA) is 91.3 Å². The number of carbonyl (C=O) groups excluding carboxylic acids is 1. The van der Waals surface area contributed by atoms with Crippen LogP contribution in [0.5, 0.6) is 0 Å². The van der Waals surface area contributed by atoms with Gasteiger partial charge in [0.25, 0.3) is 5.91 Å². The molecule has 1 amide bonds. The summed E-state index contributed by atoms with van der Waals surface area (Å²) < 4.78 is 52.1. The highest BCUT2D eigenvalue weighted by molar-refractivity contribution is 5.96. The van der Waals surface area contributed by atoms with Gasteiger partial charge in [0.15, 0.2) is 0 Å². The summed E-state index contributed by atoms with van der Waals surface area (Å²) in [5, 5.41) is 14.9. The van der Waals surface area contributed by atoms with Gasteiger partial charge in [-0.15, -0.1) is 0 Å². The third kappa shape index (κ3) is 7.93. The number of pyridine rings is 1. The second-order valence-corrected chi connectivity index (χ2v) is 8.74. The van der Waals surface area contributed by atoms with Gasteiger partial charge in [-0.25, -0.2) is 14.2 Å². The van der Waals surface area contributed by atoms with E-state index >= 15 is 0 Å². The smallest absolute Gasteiger partial charge is 0.416 e. The van der Waals surface area contributed by atoms with Crippen molar-refractivity contribution < 1.29 is 32.3 Å². The highest BCUT2D eigenvalue weighted by atomic mass is 19.4. The van der Waals surface area contributed by atoms with Crippen LogP contribution in [0.3, 0.4) is 0 Å². The molecule has 1 atom stereocenters. The lowest BCUT2D eigenvalue weighted by molar-refractivity contribution is -0.139. The lowest BCUT2D eigenvalue weighted by Crippen LogP contribution is -2.40. The molecule has 1 aromatic carbocycles. The first-order chi connectivity index (χ1) is 16.6. The minimum absolute atomic E-state index is 0.126. The monoisotopic (exact) mass is 495 g/mol. The molecule has 0 saturated carbocycles.